The van der Waals surface area contributed by atoms with E-state index in [0.29, 0.717) is 48.1 Å². The highest BCUT2D eigenvalue weighted by Crippen LogP contribution is 2.49. The number of amides is 4. The number of imidazole rings is 1. The summed E-state index contributed by atoms with van der Waals surface area (Å²) in [7, 11) is 2.56. The minimum absolute atomic E-state index is 0.131. The number of hydrogen-bond donors (Lipinski definition) is 5. The topological polar surface area (TPSA) is 190 Å². The van der Waals surface area contributed by atoms with Crippen molar-refractivity contribution in [3.63, 3.8) is 0 Å². The Hall–Kier alpha value is -6.52. The van der Waals surface area contributed by atoms with E-state index in [1.807, 2.05) is 62.9 Å². The molecule has 4 aliphatic rings. The van der Waals surface area contributed by atoms with Crippen molar-refractivity contribution in [2.24, 2.45) is 11.8 Å². The normalized spacial score (nSPS) is 21.5. The Balaban J connectivity index is 1.06. The second kappa shape index (κ2) is 21.0. The number of ether oxygens (including phenoxy) is 2. The number of aromatic nitrogens is 2. The molecule has 5 heterocycles. The Labute approximate surface area is 404 Å². The first-order chi connectivity index (χ1) is 33.2. The molecule has 370 valence electrons. The summed E-state index contributed by atoms with van der Waals surface area (Å²) in [5.74, 6) is -0.217. The summed E-state index contributed by atoms with van der Waals surface area (Å²) in [4.78, 5) is 68.6. The monoisotopic (exact) mass is 949 g/mol. The lowest BCUT2D eigenvalue weighted by Gasteiger charge is -2.35. The summed E-state index contributed by atoms with van der Waals surface area (Å²) < 4.78 is 26.0. The molecule has 0 unspecified atom stereocenters. The van der Waals surface area contributed by atoms with Crippen LogP contribution in [0.15, 0.2) is 66.9 Å². The maximum Gasteiger partial charge on any atom is 0.407 e. The molecule has 4 amide bonds. The van der Waals surface area contributed by atoms with Crippen LogP contribution in [0, 0.1) is 17.7 Å². The number of carbonyl (C=O) groups is 4. The minimum atomic E-state index is -0.747. The number of anilines is 4. The second-order valence-electron chi connectivity index (χ2n) is 19.7. The molecule has 3 aromatic carbocycles. The fourth-order valence-corrected chi connectivity index (χ4v) is 10.9. The van der Waals surface area contributed by atoms with Crippen LogP contribution in [-0.4, -0.2) is 102 Å². The largest absolute Gasteiger partial charge is 0.453 e. The summed E-state index contributed by atoms with van der Waals surface area (Å²) in [6.07, 6.45) is 6.52. The van der Waals surface area contributed by atoms with Crippen molar-refractivity contribution in [1.82, 2.24) is 30.4 Å². The number of fused-ring (bicyclic) bond motifs is 1. The molecule has 69 heavy (non-hydrogen) atoms. The van der Waals surface area contributed by atoms with E-state index < -0.39 is 24.3 Å². The number of piperidine rings is 1. The third-order valence-corrected chi connectivity index (χ3v) is 14.5. The Bertz CT molecular complexity index is 2540. The molecule has 0 radical (unpaired) electrons. The number of methoxy groups -OCH3 is 2. The number of halogens is 1. The lowest BCUT2D eigenvalue weighted by molar-refractivity contribution is -0.136. The number of nitrogens with one attached hydrogen (secondary N) is 4. The van der Waals surface area contributed by atoms with Crippen molar-refractivity contribution >= 4 is 57.8 Å². The van der Waals surface area contributed by atoms with Crippen LogP contribution in [0.5, 0.6) is 0 Å². The second-order valence-corrected chi connectivity index (χ2v) is 19.7. The Morgan fingerprint density at radius 3 is 1.97 bits per heavy atom. The van der Waals surface area contributed by atoms with Crippen LogP contribution in [0.25, 0.3) is 11.0 Å². The molecule has 4 aliphatic heterocycles. The molecule has 0 spiro atoms. The highest BCUT2D eigenvalue weighted by Gasteiger charge is 2.40. The summed E-state index contributed by atoms with van der Waals surface area (Å²) >= 11 is 0. The van der Waals surface area contributed by atoms with Crippen molar-refractivity contribution in [3.05, 3.63) is 89.6 Å². The van der Waals surface area contributed by atoms with Gasteiger partial charge in [-0.25, -0.2) is 19.0 Å². The number of nitrogens with two attached hydrogens (primary N) is 1. The van der Waals surface area contributed by atoms with Gasteiger partial charge >= 0.3 is 12.2 Å². The van der Waals surface area contributed by atoms with Gasteiger partial charge < -0.3 is 55.7 Å². The Morgan fingerprint density at radius 2 is 1.35 bits per heavy atom. The van der Waals surface area contributed by atoms with Gasteiger partial charge in [0.25, 0.3) is 0 Å². The lowest BCUT2D eigenvalue weighted by atomic mass is 10.0. The molecule has 4 aromatic rings. The van der Waals surface area contributed by atoms with E-state index in [4.69, 9.17) is 20.2 Å². The summed E-state index contributed by atoms with van der Waals surface area (Å²) in [5.41, 5.74) is 13.7. The first-order valence-corrected chi connectivity index (χ1v) is 24.6. The number of carbonyl (C=O) groups excluding carboxylic acids is 4. The summed E-state index contributed by atoms with van der Waals surface area (Å²) in [5, 5.41) is 8.84. The zero-order valence-corrected chi connectivity index (χ0v) is 40.9. The number of nitrogen functional groups attached to an aromatic ring is 1. The zero-order chi connectivity index (χ0) is 49.1. The molecule has 8 rings (SSSR count). The standard InChI is InChI=1S/C52H69FN10O6/c1-30(2)46(58-51(66)68-6)49(64)61-25-11-13-41(61)32(5)55-38-18-15-33(27-37(38)54)42-21-22-43(63(42)35-17-20-44(36(53)29-35)60-23-9-8-10-24-60)34-16-19-39-40(28-34)57-48(56-39)45-14-12-26-62(45)50(65)47(31(3)4)59-52(67)69-7/h15-20,27-31,41-43,45-47,55H,5,8-14,21-26,54H2,1-4,6-7H3,(H,56,57)(H,58,66)(H,59,67)/t41-,42-,43-,45-,46-,47-/m0/s1. The number of likely N-dealkylation sites (tertiary alicyclic amines) is 2. The van der Waals surface area contributed by atoms with Gasteiger partial charge in [0, 0.05) is 37.6 Å². The predicted molar refractivity (Wildman–Crippen MR) is 266 cm³/mol. The first kappa shape index (κ1) is 48.9. The van der Waals surface area contributed by atoms with Crippen LogP contribution in [-0.2, 0) is 19.1 Å². The molecule has 4 saturated heterocycles. The highest BCUT2D eigenvalue weighted by molar-refractivity contribution is 5.88. The van der Waals surface area contributed by atoms with E-state index >= 15 is 4.39 Å². The molecule has 6 atom stereocenters. The van der Waals surface area contributed by atoms with Crippen molar-refractivity contribution in [2.45, 2.75) is 122 Å². The zero-order valence-electron chi connectivity index (χ0n) is 40.9. The van der Waals surface area contributed by atoms with Crippen molar-refractivity contribution in [3.8, 4) is 0 Å². The van der Waals surface area contributed by atoms with Gasteiger partial charge in [0.1, 0.15) is 23.7 Å². The van der Waals surface area contributed by atoms with Gasteiger partial charge in [0.15, 0.2) is 0 Å². The van der Waals surface area contributed by atoms with Gasteiger partial charge in [0.05, 0.1) is 66.5 Å². The maximum atomic E-state index is 16.3. The molecule has 16 nitrogen and oxygen atoms in total. The number of aromatic amines is 1. The average Bonchev–Trinajstić information content (AvgIpc) is 4.19. The van der Waals surface area contributed by atoms with Crippen LogP contribution in [0.1, 0.15) is 121 Å². The van der Waals surface area contributed by atoms with E-state index in [1.165, 1.54) is 14.2 Å². The van der Waals surface area contributed by atoms with Crippen molar-refractivity contribution in [2.75, 3.05) is 61.2 Å². The molecular formula is C52H69FN10O6. The van der Waals surface area contributed by atoms with Crippen molar-refractivity contribution < 1.29 is 33.0 Å². The summed E-state index contributed by atoms with van der Waals surface area (Å²) in [6, 6.07) is 15.5. The third-order valence-electron chi connectivity index (χ3n) is 14.5. The van der Waals surface area contributed by atoms with E-state index in [1.54, 1.807) is 11.0 Å². The van der Waals surface area contributed by atoms with Gasteiger partial charge in [-0.1, -0.05) is 46.4 Å². The molecule has 6 N–H and O–H groups in total. The first-order valence-electron chi connectivity index (χ1n) is 24.6. The number of rotatable bonds is 14. The number of hydrogen-bond acceptors (Lipinski definition) is 11. The average molecular weight is 949 g/mol. The van der Waals surface area contributed by atoms with E-state index in [-0.39, 0.29) is 53.6 Å². The molecular weight excluding hydrogens is 880 g/mol. The molecule has 0 bridgehead atoms. The predicted octanol–water partition coefficient (Wildman–Crippen LogP) is 8.70. The highest BCUT2D eigenvalue weighted by atomic mass is 19.1. The van der Waals surface area contributed by atoms with Gasteiger partial charge in [-0.3, -0.25) is 9.59 Å². The van der Waals surface area contributed by atoms with Crippen LogP contribution >= 0.6 is 0 Å². The Morgan fingerprint density at radius 1 is 0.739 bits per heavy atom. The van der Waals surface area contributed by atoms with Gasteiger partial charge in [-0.05, 0) is 123 Å². The van der Waals surface area contributed by atoms with Crippen LogP contribution < -0.4 is 31.5 Å². The van der Waals surface area contributed by atoms with E-state index in [0.717, 1.165) is 92.3 Å². The number of nitrogens with zero attached hydrogens (tertiary/aromatic N) is 5. The molecule has 0 saturated carbocycles. The third kappa shape index (κ3) is 10.3. The van der Waals surface area contributed by atoms with Crippen LogP contribution in [0.3, 0.4) is 0 Å². The Kier molecular flexibility index (Phi) is 14.9. The van der Waals surface area contributed by atoms with Gasteiger partial charge in [-0.2, -0.15) is 0 Å². The van der Waals surface area contributed by atoms with Crippen LogP contribution in [0.4, 0.5) is 36.7 Å². The molecule has 4 fully saturated rings. The molecule has 1 aromatic heterocycles. The fourth-order valence-electron chi connectivity index (χ4n) is 10.9. The SMILES string of the molecule is C=C(Nc1ccc([C@@H]2CC[C@@H](c3ccc4[nH]c([C@@H]5CCCN5C(=O)[C@@H](NC(=O)OC)C(C)C)nc4c3)N2c2ccc(N3CCCCC3)c(F)c2)cc1N)[C@@H]1CCCN1C(=O)[C@@H](NC(=O)OC)C(C)C. The van der Waals surface area contributed by atoms with Gasteiger partial charge in [-0.15, -0.1) is 0 Å². The minimum Gasteiger partial charge on any atom is -0.453 e. The fraction of sp³-hybridized carbons (Fsp3) is 0.519. The summed E-state index contributed by atoms with van der Waals surface area (Å²) in [6.45, 7) is 14.7. The van der Waals surface area contributed by atoms with Crippen LogP contribution in [0.2, 0.25) is 0 Å². The number of alkyl carbamates (subject to hydrolysis) is 2. The lowest BCUT2D eigenvalue weighted by Crippen LogP contribution is -2.53. The van der Waals surface area contributed by atoms with E-state index in [9.17, 15) is 19.2 Å². The molecule has 17 heteroatoms. The molecule has 0 aliphatic carbocycles. The van der Waals surface area contributed by atoms with Crippen molar-refractivity contribution in [1.29, 1.82) is 0 Å². The maximum absolute atomic E-state index is 16.3. The quantitative estimate of drug-likeness (QED) is 0.0761. The number of H-pyrrole nitrogens is 1. The smallest absolute Gasteiger partial charge is 0.407 e. The van der Waals surface area contributed by atoms with Gasteiger partial charge in [0.2, 0.25) is 11.8 Å². The number of benzene rings is 3. The van der Waals surface area contributed by atoms with E-state index in [2.05, 4.69) is 55.5 Å².